The maximum atomic E-state index is 5.40. The normalized spacial score (nSPS) is 14.5. The van der Waals surface area contributed by atoms with Gasteiger partial charge in [-0.15, -0.1) is 11.3 Å². The Bertz CT molecular complexity index is 522. The first kappa shape index (κ1) is 14.1. The zero-order valence-corrected chi connectivity index (χ0v) is 12.6. The quantitative estimate of drug-likeness (QED) is 0.881. The van der Waals surface area contributed by atoms with Crippen molar-refractivity contribution in [2.75, 3.05) is 7.05 Å². The van der Waals surface area contributed by atoms with Gasteiger partial charge in [0.1, 0.15) is 5.01 Å². The number of nitrogens with one attached hydrogen (secondary N) is 1. The van der Waals surface area contributed by atoms with Crippen LogP contribution in [0.4, 0.5) is 0 Å². The number of hydrogen-bond acceptors (Lipinski definition) is 6. The van der Waals surface area contributed by atoms with E-state index >= 15 is 0 Å². The van der Waals surface area contributed by atoms with Crippen LogP contribution in [0.15, 0.2) is 9.90 Å². The summed E-state index contributed by atoms with van der Waals surface area (Å²) in [5.41, 5.74) is 1.04. The predicted octanol–water partition coefficient (Wildman–Crippen LogP) is 2.53. The molecule has 0 aromatic carbocycles. The first-order valence-electron chi connectivity index (χ1n) is 6.54. The summed E-state index contributed by atoms with van der Waals surface area (Å²) in [4.78, 5) is 8.92. The summed E-state index contributed by atoms with van der Waals surface area (Å²) in [5, 5.41) is 10.4. The Morgan fingerprint density at radius 3 is 2.79 bits per heavy atom. The molecule has 0 aliphatic carbocycles. The molecule has 2 unspecified atom stereocenters. The number of nitrogens with zero attached hydrogens (tertiary/aromatic N) is 3. The fourth-order valence-corrected chi connectivity index (χ4v) is 2.82. The van der Waals surface area contributed by atoms with Crippen LogP contribution < -0.4 is 5.32 Å². The van der Waals surface area contributed by atoms with Gasteiger partial charge in [-0.2, -0.15) is 4.98 Å². The van der Waals surface area contributed by atoms with E-state index in [4.69, 9.17) is 4.52 Å². The van der Waals surface area contributed by atoms with Gasteiger partial charge < -0.3 is 9.84 Å². The summed E-state index contributed by atoms with van der Waals surface area (Å²) in [6.07, 6.45) is 1.62. The molecular weight excluding hydrogens is 260 g/mol. The number of likely N-dealkylation sites (N-methyl/N-ethyl adjacent to an activating group) is 1. The standard InChI is InChI=1S/C13H20N4OS/c1-5-10(9(3)14-4)13-16-11(17-18-13)6-12-15-8(2)7-19-12/h7,9-10,14H,5-6H2,1-4H3. The SMILES string of the molecule is CCC(c1nc(Cc2nc(C)cs2)no1)C(C)NC. The lowest BCUT2D eigenvalue weighted by molar-refractivity contribution is 0.320. The van der Waals surface area contributed by atoms with Crippen molar-refractivity contribution >= 4 is 11.3 Å². The molecule has 1 N–H and O–H groups in total. The molecule has 104 valence electrons. The van der Waals surface area contributed by atoms with Crippen LogP contribution in [0.25, 0.3) is 0 Å². The summed E-state index contributed by atoms with van der Waals surface area (Å²) < 4.78 is 5.40. The highest BCUT2D eigenvalue weighted by molar-refractivity contribution is 7.09. The van der Waals surface area contributed by atoms with Crippen LogP contribution in [0.3, 0.4) is 0 Å². The van der Waals surface area contributed by atoms with Crippen LogP contribution >= 0.6 is 11.3 Å². The van der Waals surface area contributed by atoms with Gasteiger partial charge in [-0.3, -0.25) is 0 Å². The Hall–Kier alpha value is -1.27. The summed E-state index contributed by atoms with van der Waals surface area (Å²) in [6.45, 7) is 6.25. The van der Waals surface area contributed by atoms with Gasteiger partial charge >= 0.3 is 0 Å². The highest BCUT2D eigenvalue weighted by Crippen LogP contribution is 2.22. The van der Waals surface area contributed by atoms with Crippen LogP contribution in [0.1, 0.15) is 48.6 Å². The van der Waals surface area contributed by atoms with E-state index in [0.717, 1.165) is 17.1 Å². The van der Waals surface area contributed by atoms with Crippen LogP contribution in [-0.4, -0.2) is 28.2 Å². The van der Waals surface area contributed by atoms with E-state index in [2.05, 4.69) is 34.3 Å². The fraction of sp³-hybridized carbons (Fsp3) is 0.615. The van der Waals surface area contributed by atoms with Gasteiger partial charge in [0.05, 0.1) is 12.3 Å². The monoisotopic (exact) mass is 280 g/mol. The summed E-state index contributed by atoms with van der Waals surface area (Å²) in [5.74, 6) is 1.68. The lowest BCUT2D eigenvalue weighted by atomic mass is 9.98. The van der Waals surface area contributed by atoms with Gasteiger partial charge in [0.15, 0.2) is 5.82 Å². The summed E-state index contributed by atoms with van der Waals surface area (Å²) in [6, 6.07) is 0.320. The second kappa shape index (κ2) is 6.25. The Labute approximate surface area is 117 Å². The third kappa shape index (κ3) is 3.39. The zero-order valence-electron chi connectivity index (χ0n) is 11.8. The van der Waals surface area contributed by atoms with E-state index in [1.54, 1.807) is 11.3 Å². The Kier molecular flexibility index (Phi) is 4.66. The second-order valence-electron chi connectivity index (χ2n) is 4.70. The molecule has 0 bridgehead atoms. The van der Waals surface area contributed by atoms with E-state index in [-0.39, 0.29) is 5.92 Å². The Balaban J connectivity index is 2.09. The lowest BCUT2D eigenvalue weighted by Crippen LogP contribution is -2.28. The molecule has 6 heteroatoms. The first-order chi connectivity index (χ1) is 9.13. The molecule has 2 rings (SSSR count). The van der Waals surface area contributed by atoms with Crippen LogP contribution in [0.5, 0.6) is 0 Å². The fourth-order valence-electron chi connectivity index (χ4n) is 2.05. The van der Waals surface area contributed by atoms with E-state index in [1.807, 2.05) is 19.4 Å². The van der Waals surface area contributed by atoms with Gasteiger partial charge in [0, 0.05) is 17.1 Å². The molecule has 0 aliphatic rings. The molecule has 5 nitrogen and oxygen atoms in total. The van der Waals surface area contributed by atoms with Crippen molar-refractivity contribution in [3.8, 4) is 0 Å². The molecule has 2 aromatic heterocycles. The maximum absolute atomic E-state index is 5.40. The van der Waals surface area contributed by atoms with Crippen molar-refractivity contribution < 1.29 is 4.52 Å². The maximum Gasteiger partial charge on any atom is 0.231 e. The van der Waals surface area contributed by atoms with Crippen LogP contribution in [0.2, 0.25) is 0 Å². The van der Waals surface area contributed by atoms with Crippen LogP contribution in [-0.2, 0) is 6.42 Å². The average molecular weight is 280 g/mol. The number of aryl methyl sites for hydroxylation is 1. The van der Waals surface area contributed by atoms with E-state index in [1.165, 1.54) is 0 Å². The molecule has 0 saturated carbocycles. The number of hydrogen-bond donors (Lipinski definition) is 1. The van der Waals surface area contributed by atoms with Gasteiger partial charge in [0.25, 0.3) is 0 Å². The molecule has 0 spiro atoms. The Morgan fingerprint density at radius 2 is 2.21 bits per heavy atom. The molecular formula is C13H20N4OS. The molecule has 0 radical (unpaired) electrons. The van der Waals surface area contributed by atoms with Crippen molar-refractivity contribution in [3.63, 3.8) is 0 Å². The smallest absolute Gasteiger partial charge is 0.231 e. The highest BCUT2D eigenvalue weighted by Gasteiger charge is 2.22. The number of aromatic nitrogens is 3. The number of rotatable bonds is 6. The summed E-state index contributed by atoms with van der Waals surface area (Å²) >= 11 is 1.63. The molecule has 2 aromatic rings. The lowest BCUT2D eigenvalue weighted by Gasteiger charge is -2.17. The van der Waals surface area contributed by atoms with Gasteiger partial charge in [-0.25, -0.2) is 4.98 Å². The molecule has 0 aliphatic heterocycles. The molecule has 0 fully saturated rings. The second-order valence-corrected chi connectivity index (χ2v) is 5.64. The van der Waals surface area contributed by atoms with Crippen molar-refractivity contribution in [2.45, 2.75) is 45.6 Å². The van der Waals surface area contributed by atoms with Crippen LogP contribution in [0, 0.1) is 6.92 Å². The minimum Gasteiger partial charge on any atom is -0.339 e. The van der Waals surface area contributed by atoms with Gasteiger partial charge in [-0.05, 0) is 27.3 Å². The predicted molar refractivity (Wildman–Crippen MR) is 75.5 cm³/mol. The average Bonchev–Trinajstić information content (AvgIpc) is 3.00. The summed E-state index contributed by atoms with van der Waals surface area (Å²) in [7, 11) is 1.95. The minimum absolute atomic E-state index is 0.254. The largest absolute Gasteiger partial charge is 0.339 e. The molecule has 0 amide bonds. The third-order valence-corrected chi connectivity index (χ3v) is 4.24. The van der Waals surface area contributed by atoms with Crippen molar-refractivity contribution in [1.29, 1.82) is 0 Å². The number of thiazole rings is 1. The minimum atomic E-state index is 0.254. The van der Waals surface area contributed by atoms with Gasteiger partial charge in [0.2, 0.25) is 5.89 Å². The van der Waals surface area contributed by atoms with Gasteiger partial charge in [-0.1, -0.05) is 12.1 Å². The topological polar surface area (TPSA) is 63.8 Å². The molecule has 19 heavy (non-hydrogen) atoms. The first-order valence-corrected chi connectivity index (χ1v) is 7.42. The van der Waals surface area contributed by atoms with E-state index in [9.17, 15) is 0 Å². The van der Waals surface area contributed by atoms with Crippen molar-refractivity contribution in [1.82, 2.24) is 20.4 Å². The van der Waals surface area contributed by atoms with Crippen molar-refractivity contribution in [2.24, 2.45) is 0 Å². The molecule has 2 heterocycles. The molecule has 2 atom stereocenters. The zero-order chi connectivity index (χ0) is 13.8. The van der Waals surface area contributed by atoms with Crippen molar-refractivity contribution in [3.05, 3.63) is 27.8 Å². The van der Waals surface area contributed by atoms with E-state index < -0.39 is 0 Å². The Morgan fingerprint density at radius 1 is 1.42 bits per heavy atom. The molecule has 0 saturated heterocycles. The van der Waals surface area contributed by atoms with E-state index in [0.29, 0.717) is 24.2 Å². The third-order valence-electron chi connectivity index (χ3n) is 3.28. The highest BCUT2D eigenvalue weighted by atomic mass is 32.1.